The summed E-state index contributed by atoms with van der Waals surface area (Å²) in [5.41, 5.74) is 0.860. The highest BCUT2D eigenvalue weighted by molar-refractivity contribution is 7.99. The van der Waals surface area contributed by atoms with E-state index in [1.807, 2.05) is 6.92 Å². The Labute approximate surface area is 166 Å². The summed E-state index contributed by atoms with van der Waals surface area (Å²) >= 11 is 1.49. The molecule has 0 unspecified atom stereocenters. The van der Waals surface area contributed by atoms with Gasteiger partial charge in [0, 0.05) is 28.7 Å². The van der Waals surface area contributed by atoms with E-state index in [0.717, 1.165) is 4.90 Å². The quantitative estimate of drug-likeness (QED) is 0.771. The van der Waals surface area contributed by atoms with Crippen LogP contribution in [0.15, 0.2) is 52.3 Å². The second kappa shape index (κ2) is 8.32. The molecular weight excluding hydrogens is 403 g/mol. The molecule has 2 aromatic rings. The summed E-state index contributed by atoms with van der Waals surface area (Å²) in [4.78, 5) is 24.9. The number of hydrogen-bond acceptors (Lipinski definition) is 5. The third-order valence-corrected chi connectivity index (χ3v) is 7.28. The Morgan fingerprint density at radius 3 is 2.68 bits per heavy atom. The summed E-state index contributed by atoms with van der Waals surface area (Å²) < 4.78 is 38.1. The van der Waals surface area contributed by atoms with Crippen LogP contribution in [0, 0.1) is 11.7 Å². The van der Waals surface area contributed by atoms with Crippen molar-refractivity contribution in [1.82, 2.24) is 0 Å². The molecule has 1 aliphatic rings. The maximum absolute atomic E-state index is 12.9. The molecule has 1 aliphatic heterocycles. The molecule has 1 heterocycles. The van der Waals surface area contributed by atoms with E-state index >= 15 is 0 Å². The first kappa shape index (κ1) is 20.3. The second-order valence-electron chi connectivity index (χ2n) is 6.48. The van der Waals surface area contributed by atoms with Gasteiger partial charge in [-0.25, -0.2) is 12.8 Å². The number of nitrogens with one attached hydrogen (secondary N) is 2. The zero-order valence-electron chi connectivity index (χ0n) is 15.1. The topological polar surface area (TPSA) is 92.3 Å². The van der Waals surface area contributed by atoms with Crippen LogP contribution >= 0.6 is 11.8 Å². The molecule has 0 saturated carbocycles. The van der Waals surface area contributed by atoms with Crippen molar-refractivity contribution in [2.75, 3.05) is 22.1 Å². The third kappa shape index (κ3) is 4.90. The number of carbonyl (C=O) groups is 2. The van der Waals surface area contributed by atoms with Gasteiger partial charge in [0.1, 0.15) is 5.82 Å². The fraction of sp³-hybridized carbons (Fsp3) is 0.263. The van der Waals surface area contributed by atoms with E-state index in [0.29, 0.717) is 17.1 Å². The van der Waals surface area contributed by atoms with Gasteiger partial charge in [0.25, 0.3) is 0 Å². The molecule has 3 rings (SSSR count). The number of thioether (sulfide) groups is 1. The summed E-state index contributed by atoms with van der Waals surface area (Å²) in [5, 5.41) is 5.28. The fourth-order valence-electron chi connectivity index (χ4n) is 2.57. The number of sulfone groups is 1. The standard InChI is InChI=1S/C19H19FN2O4S2/c1-12-11-27-17-7-6-15(10-16(17)22-19(12)24)28(25,26)9-8-18(23)21-14-4-2-13(20)3-5-14/h2-7,10,12H,8-9,11H2,1H3,(H,21,23)(H,22,24)/t12-/m1/s1. The SMILES string of the molecule is C[C@@H]1CSc2ccc(S(=O)(=O)CCC(=O)Nc3ccc(F)cc3)cc2NC1=O. The highest BCUT2D eigenvalue weighted by Gasteiger charge is 2.23. The summed E-state index contributed by atoms with van der Waals surface area (Å²) in [6, 6.07) is 9.80. The monoisotopic (exact) mass is 422 g/mol. The van der Waals surface area contributed by atoms with Crippen LogP contribution in [0.1, 0.15) is 13.3 Å². The highest BCUT2D eigenvalue weighted by Crippen LogP contribution is 2.34. The Morgan fingerprint density at radius 1 is 1.25 bits per heavy atom. The maximum atomic E-state index is 12.9. The molecule has 0 radical (unpaired) electrons. The van der Waals surface area contributed by atoms with E-state index in [9.17, 15) is 22.4 Å². The van der Waals surface area contributed by atoms with Gasteiger partial charge in [0.2, 0.25) is 11.8 Å². The first-order chi connectivity index (χ1) is 13.2. The number of hydrogen-bond donors (Lipinski definition) is 2. The molecule has 9 heteroatoms. The number of halogens is 1. The predicted octanol–water partition coefficient (Wildman–Crippen LogP) is 3.31. The van der Waals surface area contributed by atoms with Crippen LogP contribution in [-0.4, -0.2) is 31.7 Å². The van der Waals surface area contributed by atoms with Crippen LogP contribution < -0.4 is 10.6 Å². The van der Waals surface area contributed by atoms with Crippen molar-refractivity contribution in [3.63, 3.8) is 0 Å². The minimum Gasteiger partial charge on any atom is -0.326 e. The normalized spacial score (nSPS) is 16.6. The molecule has 0 fully saturated rings. The van der Waals surface area contributed by atoms with Crippen LogP contribution in [0.25, 0.3) is 0 Å². The molecule has 6 nitrogen and oxygen atoms in total. The molecule has 0 aromatic heterocycles. The summed E-state index contributed by atoms with van der Waals surface area (Å²) in [7, 11) is -3.71. The van der Waals surface area contributed by atoms with Crippen molar-refractivity contribution in [1.29, 1.82) is 0 Å². The summed E-state index contributed by atoms with van der Waals surface area (Å²) in [5.74, 6) is -0.997. The first-order valence-corrected chi connectivity index (χ1v) is 11.2. The molecule has 2 amide bonds. The van der Waals surface area contributed by atoms with E-state index in [1.165, 1.54) is 48.2 Å². The van der Waals surface area contributed by atoms with E-state index in [2.05, 4.69) is 10.6 Å². The van der Waals surface area contributed by atoms with E-state index in [4.69, 9.17) is 0 Å². The van der Waals surface area contributed by atoms with Crippen LogP contribution in [0.3, 0.4) is 0 Å². The van der Waals surface area contributed by atoms with Crippen LogP contribution in [0.5, 0.6) is 0 Å². The lowest BCUT2D eigenvalue weighted by molar-refractivity contribution is -0.118. The molecule has 0 saturated heterocycles. The molecule has 0 bridgehead atoms. The first-order valence-electron chi connectivity index (χ1n) is 8.60. The Balaban J connectivity index is 1.67. The second-order valence-corrected chi connectivity index (χ2v) is 9.65. The molecule has 1 atom stereocenters. The number of fused-ring (bicyclic) bond motifs is 1. The summed E-state index contributed by atoms with van der Waals surface area (Å²) in [6.45, 7) is 1.81. The Bertz CT molecular complexity index is 1010. The molecular formula is C19H19FN2O4S2. The van der Waals surface area contributed by atoms with Gasteiger partial charge >= 0.3 is 0 Å². The molecule has 2 aromatic carbocycles. The van der Waals surface area contributed by atoms with Crippen molar-refractivity contribution in [2.24, 2.45) is 5.92 Å². The average molecular weight is 423 g/mol. The average Bonchev–Trinajstić information content (AvgIpc) is 2.80. The number of carbonyl (C=O) groups excluding carboxylic acids is 2. The molecule has 0 spiro atoms. The Kier molecular flexibility index (Phi) is 6.04. The smallest absolute Gasteiger partial charge is 0.228 e. The van der Waals surface area contributed by atoms with Crippen LogP contribution in [-0.2, 0) is 19.4 Å². The predicted molar refractivity (Wildman–Crippen MR) is 107 cm³/mol. The van der Waals surface area contributed by atoms with Crippen LogP contribution in [0.4, 0.5) is 15.8 Å². The highest BCUT2D eigenvalue weighted by atomic mass is 32.2. The van der Waals surface area contributed by atoms with Gasteiger partial charge in [-0.15, -0.1) is 11.8 Å². The molecule has 28 heavy (non-hydrogen) atoms. The Hall–Kier alpha value is -2.39. The van der Waals surface area contributed by atoms with Gasteiger partial charge in [-0.1, -0.05) is 6.92 Å². The summed E-state index contributed by atoms with van der Waals surface area (Å²) in [6.07, 6.45) is -0.241. The number of amides is 2. The van der Waals surface area contributed by atoms with Crippen molar-refractivity contribution < 1.29 is 22.4 Å². The van der Waals surface area contributed by atoms with Crippen molar-refractivity contribution >= 4 is 44.8 Å². The minimum atomic E-state index is -3.71. The largest absolute Gasteiger partial charge is 0.326 e. The van der Waals surface area contributed by atoms with Gasteiger partial charge in [-0.3, -0.25) is 9.59 Å². The van der Waals surface area contributed by atoms with E-state index in [-0.39, 0.29) is 28.9 Å². The van der Waals surface area contributed by atoms with Gasteiger partial charge in [0.15, 0.2) is 9.84 Å². The van der Waals surface area contributed by atoms with Gasteiger partial charge in [-0.05, 0) is 42.5 Å². The molecule has 0 aliphatic carbocycles. The van der Waals surface area contributed by atoms with Crippen molar-refractivity contribution in [2.45, 2.75) is 23.1 Å². The lowest BCUT2D eigenvalue weighted by Gasteiger charge is -2.10. The lowest BCUT2D eigenvalue weighted by atomic mass is 10.2. The zero-order valence-corrected chi connectivity index (χ0v) is 16.7. The van der Waals surface area contributed by atoms with Gasteiger partial charge in [-0.2, -0.15) is 0 Å². The van der Waals surface area contributed by atoms with E-state index in [1.54, 1.807) is 6.07 Å². The number of anilines is 2. The molecule has 2 N–H and O–H groups in total. The van der Waals surface area contributed by atoms with Crippen molar-refractivity contribution in [3.05, 3.63) is 48.3 Å². The van der Waals surface area contributed by atoms with Gasteiger partial charge < -0.3 is 10.6 Å². The number of rotatable bonds is 5. The third-order valence-electron chi connectivity index (χ3n) is 4.23. The Morgan fingerprint density at radius 2 is 1.96 bits per heavy atom. The molecule has 148 valence electrons. The van der Waals surface area contributed by atoms with Crippen molar-refractivity contribution in [3.8, 4) is 0 Å². The number of benzene rings is 2. The zero-order chi connectivity index (χ0) is 20.3. The van der Waals surface area contributed by atoms with E-state index < -0.39 is 21.6 Å². The minimum absolute atomic E-state index is 0.0521. The van der Waals surface area contributed by atoms with Crippen LogP contribution in [0.2, 0.25) is 0 Å². The lowest BCUT2D eigenvalue weighted by Crippen LogP contribution is -2.20. The fourth-order valence-corrected chi connectivity index (χ4v) is 4.85. The van der Waals surface area contributed by atoms with Gasteiger partial charge in [0.05, 0.1) is 16.3 Å². The maximum Gasteiger partial charge on any atom is 0.228 e.